The van der Waals surface area contributed by atoms with Crippen molar-refractivity contribution in [3.63, 3.8) is 0 Å². The lowest BCUT2D eigenvalue weighted by molar-refractivity contribution is -0.118. The topological polar surface area (TPSA) is 73.3 Å². The number of aromatic nitrogens is 2. The maximum atomic E-state index is 12.1. The van der Waals surface area contributed by atoms with Crippen molar-refractivity contribution in [3.8, 4) is 22.8 Å². The van der Waals surface area contributed by atoms with E-state index >= 15 is 0 Å². The number of benzene rings is 2. The Balaban J connectivity index is 1.56. The third-order valence-corrected chi connectivity index (χ3v) is 5.25. The highest BCUT2D eigenvalue weighted by atomic mass is 35.5. The van der Waals surface area contributed by atoms with Gasteiger partial charge in [-0.3, -0.25) is 4.79 Å². The molecule has 0 aliphatic rings. The summed E-state index contributed by atoms with van der Waals surface area (Å²) in [4.78, 5) is 12.1. The van der Waals surface area contributed by atoms with Crippen molar-refractivity contribution >= 4 is 29.3 Å². The SMILES string of the molecule is COc1ccc(OC)c(-c2ccc(SCC(=O)NCc3ccc(Cl)cc3)nn2)c1. The van der Waals surface area contributed by atoms with Gasteiger partial charge in [-0.1, -0.05) is 35.5 Å². The van der Waals surface area contributed by atoms with E-state index in [1.807, 2.05) is 42.5 Å². The van der Waals surface area contributed by atoms with Gasteiger partial charge < -0.3 is 14.8 Å². The Bertz CT molecular complexity index is 966. The monoisotopic (exact) mass is 429 g/mol. The summed E-state index contributed by atoms with van der Waals surface area (Å²) in [5.41, 5.74) is 2.44. The Hall–Kier alpha value is -2.77. The van der Waals surface area contributed by atoms with Crippen LogP contribution in [0.4, 0.5) is 0 Å². The maximum Gasteiger partial charge on any atom is 0.230 e. The molecule has 1 heterocycles. The number of ether oxygens (including phenoxy) is 2. The summed E-state index contributed by atoms with van der Waals surface area (Å²) in [5.74, 6) is 1.56. The van der Waals surface area contributed by atoms with Gasteiger partial charge in [-0.15, -0.1) is 10.2 Å². The number of hydrogen-bond acceptors (Lipinski definition) is 6. The Labute approximate surface area is 178 Å². The van der Waals surface area contributed by atoms with Crippen LogP contribution < -0.4 is 14.8 Å². The highest BCUT2D eigenvalue weighted by molar-refractivity contribution is 7.99. The lowest BCUT2D eigenvalue weighted by Crippen LogP contribution is -2.24. The number of amides is 1. The van der Waals surface area contributed by atoms with E-state index in [4.69, 9.17) is 21.1 Å². The minimum atomic E-state index is -0.0784. The van der Waals surface area contributed by atoms with Gasteiger partial charge in [0.1, 0.15) is 16.5 Å². The molecule has 3 aromatic rings. The van der Waals surface area contributed by atoms with Gasteiger partial charge in [0, 0.05) is 17.1 Å². The second-order valence-corrected chi connectivity index (χ2v) is 7.45. The highest BCUT2D eigenvalue weighted by Crippen LogP contribution is 2.32. The molecule has 0 aliphatic heterocycles. The molecule has 1 N–H and O–H groups in total. The minimum absolute atomic E-state index is 0.0784. The van der Waals surface area contributed by atoms with Crippen LogP contribution >= 0.6 is 23.4 Å². The van der Waals surface area contributed by atoms with Gasteiger partial charge in [0.2, 0.25) is 5.91 Å². The van der Waals surface area contributed by atoms with Crippen molar-refractivity contribution < 1.29 is 14.3 Å². The fraction of sp³-hybridized carbons (Fsp3) is 0.190. The molecular weight excluding hydrogens is 410 g/mol. The van der Waals surface area contributed by atoms with Crippen LogP contribution in [0.2, 0.25) is 5.02 Å². The highest BCUT2D eigenvalue weighted by Gasteiger charge is 2.11. The second kappa shape index (κ2) is 10.1. The first-order valence-corrected chi connectivity index (χ1v) is 10.2. The molecule has 0 fully saturated rings. The Kier molecular flexibility index (Phi) is 7.32. The molecule has 0 atom stereocenters. The standard InChI is InChI=1S/C21H20ClN3O3S/c1-27-16-7-9-19(28-2)17(11-16)18-8-10-21(25-24-18)29-13-20(26)23-12-14-3-5-15(22)6-4-14/h3-11H,12-13H2,1-2H3,(H,23,26). The summed E-state index contributed by atoms with van der Waals surface area (Å²) in [5, 5.41) is 12.7. The van der Waals surface area contributed by atoms with Crippen LogP contribution in [0.5, 0.6) is 11.5 Å². The lowest BCUT2D eigenvalue weighted by atomic mass is 10.1. The van der Waals surface area contributed by atoms with Crippen molar-refractivity contribution in [1.82, 2.24) is 15.5 Å². The summed E-state index contributed by atoms with van der Waals surface area (Å²) in [6, 6.07) is 16.5. The molecule has 150 valence electrons. The summed E-state index contributed by atoms with van der Waals surface area (Å²) in [7, 11) is 3.21. The summed E-state index contributed by atoms with van der Waals surface area (Å²) >= 11 is 7.18. The van der Waals surface area contributed by atoms with Crippen LogP contribution in [0.15, 0.2) is 59.6 Å². The average Bonchev–Trinajstić information content (AvgIpc) is 2.77. The third-order valence-electron chi connectivity index (χ3n) is 4.08. The van der Waals surface area contributed by atoms with Crippen molar-refractivity contribution in [2.24, 2.45) is 0 Å². The number of hydrogen-bond donors (Lipinski definition) is 1. The molecular formula is C21H20ClN3O3S. The van der Waals surface area contributed by atoms with Crippen LogP contribution in [-0.2, 0) is 11.3 Å². The molecule has 0 saturated heterocycles. The van der Waals surface area contributed by atoms with E-state index in [0.717, 1.165) is 11.1 Å². The van der Waals surface area contributed by atoms with Crippen molar-refractivity contribution in [2.75, 3.05) is 20.0 Å². The third kappa shape index (κ3) is 5.85. The van der Waals surface area contributed by atoms with Crippen LogP contribution in [0.1, 0.15) is 5.56 Å². The minimum Gasteiger partial charge on any atom is -0.497 e. The number of rotatable bonds is 8. The number of carbonyl (C=O) groups is 1. The van der Waals surface area contributed by atoms with Gasteiger partial charge in [-0.05, 0) is 48.0 Å². The lowest BCUT2D eigenvalue weighted by Gasteiger charge is -2.10. The number of nitrogens with one attached hydrogen (secondary N) is 1. The smallest absolute Gasteiger partial charge is 0.230 e. The molecule has 0 radical (unpaired) electrons. The number of halogens is 1. The van der Waals surface area contributed by atoms with E-state index in [1.165, 1.54) is 11.8 Å². The number of carbonyl (C=O) groups excluding carboxylic acids is 1. The van der Waals surface area contributed by atoms with Crippen LogP contribution in [0.25, 0.3) is 11.3 Å². The molecule has 1 aromatic heterocycles. The molecule has 0 unspecified atom stereocenters. The molecule has 0 bridgehead atoms. The van der Waals surface area contributed by atoms with Gasteiger partial charge in [0.05, 0.1) is 25.7 Å². The predicted molar refractivity (Wildman–Crippen MR) is 115 cm³/mol. The zero-order valence-electron chi connectivity index (χ0n) is 16.0. The molecule has 6 nitrogen and oxygen atoms in total. The second-order valence-electron chi connectivity index (χ2n) is 6.01. The molecule has 29 heavy (non-hydrogen) atoms. The zero-order chi connectivity index (χ0) is 20.6. The largest absolute Gasteiger partial charge is 0.497 e. The predicted octanol–water partition coefficient (Wildman–Crippen LogP) is 4.22. The summed E-state index contributed by atoms with van der Waals surface area (Å²) < 4.78 is 10.7. The Morgan fingerprint density at radius 1 is 1.03 bits per heavy atom. The summed E-state index contributed by atoms with van der Waals surface area (Å²) in [6.45, 7) is 0.455. The van der Waals surface area contributed by atoms with E-state index in [-0.39, 0.29) is 11.7 Å². The molecule has 3 rings (SSSR count). The molecule has 1 amide bonds. The van der Waals surface area contributed by atoms with Crippen molar-refractivity contribution in [1.29, 1.82) is 0 Å². The molecule has 8 heteroatoms. The van der Waals surface area contributed by atoms with E-state index in [0.29, 0.717) is 33.8 Å². The van der Waals surface area contributed by atoms with Gasteiger partial charge >= 0.3 is 0 Å². The quantitative estimate of drug-likeness (QED) is 0.540. The Morgan fingerprint density at radius 2 is 1.83 bits per heavy atom. The molecule has 0 aliphatic carbocycles. The van der Waals surface area contributed by atoms with Gasteiger partial charge in [0.15, 0.2) is 0 Å². The van der Waals surface area contributed by atoms with Crippen molar-refractivity contribution in [2.45, 2.75) is 11.6 Å². The van der Waals surface area contributed by atoms with Crippen molar-refractivity contribution in [3.05, 3.63) is 65.2 Å². The van der Waals surface area contributed by atoms with Gasteiger partial charge in [-0.2, -0.15) is 0 Å². The molecule has 0 saturated carbocycles. The van der Waals surface area contributed by atoms with Gasteiger partial charge in [-0.25, -0.2) is 0 Å². The number of nitrogens with zero attached hydrogens (tertiary/aromatic N) is 2. The first kappa shape index (κ1) is 21.0. The van der Waals surface area contributed by atoms with Crippen LogP contribution in [-0.4, -0.2) is 36.1 Å². The van der Waals surface area contributed by atoms with Crippen LogP contribution in [0, 0.1) is 0 Å². The zero-order valence-corrected chi connectivity index (χ0v) is 17.6. The summed E-state index contributed by atoms with van der Waals surface area (Å²) in [6.07, 6.45) is 0. The molecule has 0 spiro atoms. The van der Waals surface area contributed by atoms with E-state index in [9.17, 15) is 4.79 Å². The average molecular weight is 430 g/mol. The van der Waals surface area contributed by atoms with E-state index in [1.54, 1.807) is 26.4 Å². The first-order valence-electron chi connectivity index (χ1n) is 8.79. The van der Waals surface area contributed by atoms with E-state index in [2.05, 4.69) is 15.5 Å². The van der Waals surface area contributed by atoms with E-state index < -0.39 is 0 Å². The fourth-order valence-electron chi connectivity index (χ4n) is 2.55. The normalized spacial score (nSPS) is 10.4. The number of methoxy groups -OCH3 is 2. The fourth-order valence-corrected chi connectivity index (χ4v) is 3.32. The maximum absolute atomic E-state index is 12.1. The van der Waals surface area contributed by atoms with Gasteiger partial charge in [0.25, 0.3) is 0 Å². The Morgan fingerprint density at radius 3 is 2.48 bits per heavy atom. The molecule has 2 aromatic carbocycles. The van der Waals surface area contributed by atoms with Crippen LogP contribution in [0.3, 0.4) is 0 Å². The number of thioether (sulfide) groups is 1. The first-order chi connectivity index (χ1) is 14.1.